The van der Waals surface area contributed by atoms with Crippen LogP contribution in [0.4, 0.5) is 0 Å². The largest absolute Gasteiger partial charge is 0.381 e. The second kappa shape index (κ2) is 5.83. The summed E-state index contributed by atoms with van der Waals surface area (Å²) < 4.78 is 11.6. The summed E-state index contributed by atoms with van der Waals surface area (Å²) >= 11 is 3.70. The molecule has 0 N–H and O–H groups in total. The zero-order valence-corrected chi connectivity index (χ0v) is 11.8. The molecule has 3 heteroatoms. The first kappa shape index (κ1) is 12.8. The predicted molar refractivity (Wildman–Crippen MR) is 69.0 cm³/mol. The van der Waals surface area contributed by atoms with Crippen LogP contribution in [0.5, 0.6) is 0 Å². The first-order valence-electron chi connectivity index (χ1n) is 6.58. The number of ether oxygens (including phenoxy) is 2. The summed E-state index contributed by atoms with van der Waals surface area (Å²) in [5.74, 6) is 0.839. The van der Waals surface area contributed by atoms with Gasteiger partial charge in [0.1, 0.15) is 0 Å². The van der Waals surface area contributed by atoms with E-state index in [0.29, 0.717) is 11.5 Å². The molecule has 2 aliphatic rings. The normalized spacial score (nSPS) is 34.5. The van der Waals surface area contributed by atoms with Crippen molar-refractivity contribution < 1.29 is 9.47 Å². The van der Waals surface area contributed by atoms with Crippen molar-refractivity contribution in [3.8, 4) is 0 Å². The van der Waals surface area contributed by atoms with Crippen molar-refractivity contribution in [3.63, 3.8) is 0 Å². The second-order valence-corrected chi connectivity index (χ2v) is 5.80. The van der Waals surface area contributed by atoms with Gasteiger partial charge in [-0.15, -0.1) is 0 Å². The zero-order chi connectivity index (χ0) is 11.4. The topological polar surface area (TPSA) is 18.5 Å². The van der Waals surface area contributed by atoms with Gasteiger partial charge in [0.25, 0.3) is 0 Å². The quantitative estimate of drug-likeness (QED) is 0.529. The lowest BCUT2D eigenvalue weighted by Crippen LogP contribution is -2.35. The van der Waals surface area contributed by atoms with Crippen molar-refractivity contribution in [3.05, 3.63) is 0 Å². The van der Waals surface area contributed by atoms with Crippen LogP contribution in [0.1, 0.15) is 39.0 Å². The molecule has 0 radical (unpaired) electrons. The van der Waals surface area contributed by atoms with Crippen molar-refractivity contribution >= 4 is 15.9 Å². The van der Waals surface area contributed by atoms with Crippen LogP contribution in [0.3, 0.4) is 0 Å². The molecule has 2 rings (SSSR count). The van der Waals surface area contributed by atoms with Crippen molar-refractivity contribution in [2.45, 2.75) is 45.1 Å². The zero-order valence-electron chi connectivity index (χ0n) is 10.2. The van der Waals surface area contributed by atoms with Crippen LogP contribution in [0.2, 0.25) is 0 Å². The highest BCUT2D eigenvalue weighted by atomic mass is 79.9. The minimum Gasteiger partial charge on any atom is -0.381 e. The second-order valence-electron chi connectivity index (χ2n) is 5.24. The molecule has 16 heavy (non-hydrogen) atoms. The van der Waals surface area contributed by atoms with Crippen molar-refractivity contribution in [1.82, 2.24) is 0 Å². The van der Waals surface area contributed by atoms with Crippen molar-refractivity contribution in [1.29, 1.82) is 0 Å². The van der Waals surface area contributed by atoms with Crippen LogP contribution in [-0.4, -0.2) is 31.3 Å². The average molecular weight is 291 g/mol. The van der Waals surface area contributed by atoms with Crippen LogP contribution in [-0.2, 0) is 9.47 Å². The van der Waals surface area contributed by atoms with Crippen molar-refractivity contribution in [2.75, 3.05) is 25.2 Å². The number of alkyl halides is 1. The van der Waals surface area contributed by atoms with Gasteiger partial charge in [-0.05, 0) is 38.0 Å². The van der Waals surface area contributed by atoms with Gasteiger partial charge < -0.3 is 9.47 Å². The Kier molecular flexibility index (Phi) is 4.68. The molecule has 1 saturated carbocycles. The van der Waals surface area contributed by atoms with E-state index in [9.17, 15) is 0 Å². The first-order valence-corrected chi connectivity index (χ1v) is 7.70. The Morgan fingerprint density at radius 3 is 2.81 bits per heavy atom. The van der Waals surface area contributed by atoms with E-state index in [0.717, 1.165) is 43.9 Å². The summed E-state index contributed by atoms with van der Waals surface area (Å²) in [4.78, 5) is 0. The highest BCUT2D eigenvalue weighted by Gasteiger charge is 2.49. The molecule has 1 saturated heterocycles. The molecule has 1 aliphatic heterocycles. The van der Waals surface area contributed by atoms with E-state index in [2.05, 4.69) is 22.9 Å². The average Bonchev–Trinajstić information content (AvgIpc) is 3.06. The van der Waals surface area contributed by atoms with Gasteiger partial charge in [-0.1, -0.05) is 22.9 Å². The van der Waals surface area contributed by atoms with Gasteiger partial charge in [0.2, 0.25) is 0 Å². The fourth-order valence-corrected chi connectivity index (χ4v) is 3.62. The molecule has 2 atom stereocenters. The maximum Gasteiger partial charge on any atom is 0.0669 e. The molecule has 2 unspecified atom stereocenters. The van der Waals surface area contributed by atoms with Gasteiger partial charge in [0.15, 0.2) is 0 Å². The molecule has 0 aromatic carbocycles. The molecule has 1 aliphatic carbocycles. The van der Waals surface area contributed by atoms with E-state index >= 15 is 0 Å². The van der Waals surface area contributed by atoms with E-state index in [-0.39, 0.29) is 0 Å². The molecule has 0 amide bonds. The first-order chi connectivity index (χ1) is 7.82. The Labute approximate surface area is 107 Å². The third-order valence-electron chi connectivity index (χ3n) is 3.91. The monoisotopic (exact) mass is 290 g/mol. The van der Waals surface area contributed by atoms with Gasteiger partial charge >= 0.3 is 0 Å². The van der Waals surface area contributed by atoms with Crippen molar-refractivity contribution in [2.24, 2.45) is 11.3 Å². The van der Waals surface area contributed by atoms with Gasteiger partial charge in [-0.3, -0.25) is 0 Å². The van der Waals surface area contributed by atoms with E-state index in [1.807, 2.05) is 0 Å². The molecular formula is C13H23BrO2. The lowest BCUT2D eigenvalue weighted by atomic mass is 9.78. The molecule has 0 spiro atoms. The van der Waals surface area contributed by atoms with Crippen LogP contribution in [0.15, 0.2) is 0 Å². The van der Waals surface area contributed by atoms with E-state index in [4.69, 9.17) is 9.47 Å². The molecule has 0 aromatic heterocycles. The van der Waals surface area contributed by atoms with E-state index < -0.39 is 0 Å². The number of hydrogen-bond donors (Lipinski definition) is 0. The Morgan fingerprint density at radius 2 is 2.19 bits per heavy atom. The third kappa shape index (κ3) is 2.80. The fraction of sp³-hybridized carbons (Fsp3) is 1.00. The molecule has 94 valence electrons. The van der Waals surface area contributed by atoms with Crippen LogP contribution in [0.25, 0.3) is 0 Å². The maximum atomic E-state index is 5.96. The minimum atomic E-state index is 0.356. The van der Waals surface area contributed by atoms with Gasteiger partial charge in [-0.25, -0.2) is 0 Å². The summed E-state index contributed by atoms with van der Waals surface area (Å²) in [5.41, 5.74) is 0.356. The van der Waals surface area contributed by atoms with Crippen LogP contribution in [0, 0.1) is 11.3 Å². The lowest BCUT2D eigenvalue weighted by Gasteiger charge is -2.32. The maximum absolute atomic E-state index is 5.96. The Hall–Kier alpha value is 0.400. The fourth-order valence-electron chi connectivity index (χ4n) is 2.74. The highest BCUT2D eigenvalue weighted by Crippen LogP contribution is 2.50. The number of rotatable bonds is 7. The van der Waals surface area contributed by atoms with E-state index in [1.165, 1.54) is 19.3 Å². The summed E-state index contributed by atoms with van der Waals surface area (Å²) in [6.45, 7) is 4.89. The number of hydrogen-bond acceptors (Lipinski definition) is 2. The molecule has 2 fully saturated rings. The predicted octanol–water partition coefficient (Wildman–Crippen LogP) is 3.38. The van der Waals surface area contributed by atoms with Gasteiger partial charge in [-0.2, -0.15) is 0 Å². The lowest BCUT2D eigenvalue weighted by molar-refractivity contribution is 0.0199. The Balaban J connectivity index is 1.84. The highest BCUT2D eigenvalue weighted by molar-refractivity contribution is 9.09. The molecular weight excluding hydrogens is 268 g/mol. The third-order valence-corrected chi connectivity index (χ3v) is 5.03. The minimum absolute atomic E-state index is 0.356. The standard InChI is InChI=1S/C13H23BrO2/c1-2-7-15-8-5-13(10-14)6-9-16-12(13)11-3-4-11/h11-12H,2-10H2,1H3. The summed E-state index contributed by atoms with van der Waals surface area (Å²) in [6.07, 6.45) is 6.71. The Bertz CT molecular complexity index is 218. The summed E-state index contributed by atoms with van der Waals surface area (Å²) in [6, 6.07) is 0. The molecule has 0 aromatic rings. The Morgan fingerprint density at radius 1 is 1.38 bits per heavy atom. The SMILES string of the molecule is CCCOCCC1(CBr)CCOC1C1CC1. The number of halogens is 1. The van der Waals surface area contributed by atoms with Gasteiger partial charge in [0.05, 0.1) is 6.10 Å². The summed E-state index contributed by atoms with van der Waals surface area (Å²) in [5, 5.41) is 1.07. The summed E-state index contributed by atoms with van der Waals surface area (Å²) in [7, 11) is 0. The smallest absolute Gasteiger partial charge is 0.0669 e. The van der Waals surface area contributed by atoms with E-state index in [1.54, 1.807) is 0 Å². The van der Waals surface area contributed by atoms with Crippen LogP contribution < -0.4 is 0 Å². The molecule has 1 heterocycles. The molecule has 0 bridgehead atoms. The molecule has 2 nitrogen and oxygen atoms in total. The van der Waals surface area contributed by atoms with Gasteiger partial charge in [0, 0.05) is 30.6 Å². The van der Waals surface area contributed by atoms with Crippen LogP contribution >= 0.6 is 15.9 Å².